The molecule has 1 amide bonds. The second-order valence-electron chi connectivity index (χ2n) is 4.99. The third-order valence-corrected chi connectivity index (χ3v) is 3.60. The van der Waals surface area contributed by atoms with Crippen molar-refractivity contribution in [2.24, 2.45) is 11.7 Å². The van der Waals surface area contributed by atoms with Crippen molar-refractivity contribution < 1.29 is 4.79 Å². The summed E-state index contributed by atoms with van der Waals surface area (Å²) < 4.78 is 0. The van der Waals surface area contributed by atoms with Crippen LogP contribution in [0.4, 0.5) is 5.69 Å². The molecule has 0 aromatic heterocycles. The number of hydrogen-bond acceptors (Lipinski definition) is 2. The highest BCUT2D eigenvalue weighted by Crippen LogP contribution is 2.38. The first kappa shape index (κ1) is 12.4. The molecule has 17 heavy (non-hydrogen) atoms. The number of anilines is 1. The van der Waals surface area contributed by atoms with E-state index in [0.29, 0.717) is 16.6 Å². The first-order chi connectivity index (χ1) is 7.91. The lowest BCUT2D eigenvalue weighted by Gasteiger charge is -2.23. The van der Waals surface area contributed by atoms with Crippen LogP contribution in [-0.4, -0.2) is 11.4 Å². The molecule has 1 fully saturated rings. The standard InChI is InChI=1S/C13H17ClN2O/c1-8-3-6-11(10(14)7-8)16-12(17)13(2,15)9-4-5-9/h3,6-7,9H,4-5,15H2,1-2H3,(H,16,17). The zero-order valence-electron chi connectivity index (χ0n) is 10.1. The molecular formula is C13H17ClN2O. The number of benzene rings is 1. The third kappa shape index (κ3) is 2.61. The minimum Gasteiger partial charge on any atom is -0.323 e. The number of carbonyl (C=O) groups excluding carboxylic acids is 1. The van der Waals surface area contributed by atoms with E-state index >= 15 is 0 Å². The van der Waals surface area contributed by atoms with E-state index in [9.17, 15) is 4.79 Å². The molecule has 0 radical (unpaired) electrons. The van der Waals surface area contributed by atoms with Gasteiger partial charge in [0.05, 0.1) is 16.2 Å². The Morgan fingerprint density at radius 3 is 2.71 bits per heavy atom. The van der Waals surface area contributed by atoms with Gasteiger partial charge >= 0.3 is 0 Å². The predicted octanol–water partition coefficient (Wildman–Crippen LogP) is 2.71. The molecule has 0 aliphatic heterocycles. The summed E-state index contributed by atoms with van der Waals surface area (Å²) in [4.78, 5) is 12.1. The van der Waals surface area contributed by atoms with Crippen molar-refractivity contribution in [3.8, 4) is 0 Å². The van der Waals surface area contributed by atoms with Crippen LogP contribution in [-0.2, 0) is 4.79 Å². The summed E-state index contributed by atoms with van der Waals surface area (Å²) in [5.74, 6) is 0.137. The van der Waals surface area contributed by atoms with Gasteiger partial charge < -0.3 is 11.1 Å². The maximum Gasteiger partial charge on any atom is 0.244 e. The van der Waals surface area contributed by atoms with Gasteiger partial charge in [-0.1, -0.05) is 17.7 Å². The van der Waals surface area contributed by atoms with E-state index in [1.165, 1.54) is 0 Å². The van der Waals surface area contributed by atoms with Crippen molar-refractivity contribution in [2.75, 3.05) is 5.32 Å². The van der Waals surface area contributed by atoms with Gasteiger partial charge in [-0.05, 0) is 50.3 Å². The Labute approximate surface area is 106 Å². The number of hydrogen-bond donors (Lipinski definition) is 2. The highest BCUT2D eigenvalue weighted by Gasteiger charge is 2.44. The van der Waals surface area contributed by atoms with Crippen LogP contribution in [0.1, 0.15) is 25.3 Å². The number of carbonyl (C=O) groups is 1. The number of aryl methyl sites for hydroxylation is 1. The average Bonchev–Trinajstić information content (AvgIpc) is 3.05. The minimum absolute atomic E-state index is 0.161. The summed E-state index contributed by atoms with van der Waals surface area (Å²) >= 11 is 6.06. The molecule has 1 aromatic carbocycles. The van der Waals surface area contributed by atoms with E-state index in [4.69, 9.17) is 17.3 Å². The van der Waals surface area contributed by atoms with E-state index in [0.717, 1.165) is 18.4 Å². The Morgan fingerprint density at radius 1 is 1.53 bits per heavy atom. The van der Waals surface area contributed by atoms with Gasteiger partial charge in [-0.2, -0.15) is 0 Å². The van der Waals surface area contributed by atoms with Gasteiger partial charge in [0.2, 0.25) is 5.91 Å². The van der Waals surface area contributed by atoms with E-state index in [2.05, 4.69) is 5.32 Å². The Hall–Kier alpha value is -1.06. The van der Waals surface area contributed by atoms with Crippen molar-refractivity contribution in [1.29, 1.82) is 0 Å². The number of nitrogens with two attached hydrogens (primary N) is 1. The van der Waals surface area contributed by atoms with E-state index in [1.54, 1.807) is 13.0 Å². The molecule has 1 unspecified atom stereocenters. The van der Waals surface area contributed by atoms with Gasteiger partial charge in [0.1, 0.15) is 0 Å². The summed E-state index contributed by atoms with van der Waals surface area (Å²) in [6.07, 6.45) is 2.06. The van der Waals surface area contributed by atoms with Crippen molar-refractivity contribution >= 4 is 23.2 Å². The lowest BCUT2D eigenvalue weighted by molar-refractivity contribution is -0.121. The molecule has 0 bridgehead atoms. The van der Waals surface area contributed by atoms with Gasteiger partial charge in [0, 0.05) is 0 Å². The normalized spacial score (nSPS) is 18.6. The van der Waals surface area contributed by atoms with Crippen molar-refractivity contribution in [3.05, 3.63) is 28.8 Å². The van der Waals surface area contributed by atoms with Crippen LogP contribution in [0.2, 0.25) is 5.02 Å². The molecule has 92 valence electrons. The molecule has 1 aliphatic carbocycles. The summed E-state index contributed by atoms with van der Waals surface area (Å²) in [6, 6.07) is 5.53. The first-order valence-corrected chi connectivity index (χ1v) is 6.15. The van der Waals surface area contributed by atoms with Crippen LogP contribution < -0.4 is 11.1 Å². The summed E-state index contributed by atoms with van der Waals surface area (Å²) in [5.41, 5.74) is 6.93. The summed E-state index contributed by atoms with van der Waals surface area (Å²) in [7, 11) is 0. The maximum atomic E-state index is 12.1. The van der Waals surface area contributed by atoms with Crippen LogP contribution in [0.3, 0.4) is 0 Å². The van der Waals surface area contributed by atoms with E-state index < -0.39 is 5.54 Å². The zero-order valence-corrected chi connectivity index (χ0v) is 10.8. The van der Waals surface area contributed by atoms with Gasteiger partial charge in [0.25, 0.3) is 0 Å². The predicted molar refractivity (Wildman–Crippen MR) is 70.1 cm³/mol. The minimum atomic E-state index is -0.797. The molecule has 1 saturated carbocycles. The van der Waals surface area contributed by atoms with Crippen molar-refractivity contribution in [3.63, 3.8) is 0 Å². The fourth-order valence-electron chi connectivity index (χ4n) is 1.85. The van der Waals surface area contributed by atoms with E-state index in [-0.39, 0.29) is 5.91 Å². The fourth-order valence-corrected chi connectivity index (χ4v) is 2.13. The smallest absolute Gasteiger partial charge is 0.244 e. The number of nitrogens with one attached hydrogen (secondary N) is 1. The van der Waals surface area contributed by atoms with E-state index in [1.807, 2.05) is 19.1 Å². The fraction of sp³-hybridized carbons (Fsp3) is 0.462. The molecular weight excluding hydrogens is 236 g/mol. The first-order valence-electron chi connectivity index (χ1n) is 5.77. The lowest BCUT2D eigenvalue weighted by Crippen LogP contribution is -2.50. The topological polar surface area (TPSA) is 55.1 Å². The van der Waals surface area contributed by atoms with Gasteiger partial charge in [0.15, 0.2) is 0 Å². The summed E-state index contributed by atoms with van der Waals surface area (Å²) in [5, 5.41) is 3.35. The summed E-state index contributed by atoms with van der Waals surface area (Å²) in [6.45, 7) is 3.73. The molecule has 0 saturated heterocycles. The molecule has 1 aromatic rings. The van der Waals surface area contributed by atoms with Crippen LogP contribution in [0.15, 0.2) is 18.2 Å². The third-order valence-electron chi connectivity index (χ3n) is 3.29. The van der Waals surface area contributed by atoms with Crippen molar-refractivity contribution in [1.82, 2.24) is 0 Å². The van der Waals surface area contributed by atoms with Crippen LogP contribution in [0.25, 0.3) is 0 Å². The Kier molecular flexibility index (Phi) is 3.15. The van der Waals surface area contributed by atoms with Crippen molar-refractivity contribution in [2.45, 2.75) is 32.2 Å². The molecule has 4 heteroatoms. The molecule has 0 spiro atoms. The second kappa shape index (κ2) is 4.31. The monoisotopic (exact) mass is 252 g/mol. The highest BCUT2D eigenvalue weighted by molar-refractivity contribution is 6.33. The quantitative estimate of drug-likeness (QED) is 0.869. The van der Waals surface area contributed by atoms with Gasteiger partial charge in [-0.3, -0.25) is 4.79 Å². The Morgan fingerprint density at radius 2 is 2.18 bits per heavy atom. The molecule has 2 rings (SSSR count). The number of amides is 1. The Bertz CT molecular complexity index is 453. The number of rotatable bonds is 3. The average molecular weight is 253 g/mol. The second-order valence-corrected chi connectivity index (χ2v) is 5.40. The molecule has 3 nitrogen and oxygen atoms in total. The molecule has 1 aliphatic rings. The number of halogens is 1. The maximum absolute atomic E-state index is 12.1. The largest absolute Gasteiger partial charge is 0.323 e. The Balaban J connectivity index is 2.12. The van der Waals surface area contributed by atoms with Crippen LogP contribution in [0.5, 0.6) is 0 Å². The van der Waals surface area contributed by atoms with Gasteiger partial charge in [-0.15, -0.1) is 0 Å². The zero-order chi connectivity index (χ0) is 12.6. The molecule has 1 atom stereocenters. The lowest BCUT2D eigenvalue weighted by atomic mass is 9.96. The molecule has 0 heterocycles. The molecule has 3 N–H and O–H groups in total. The SMILES string of the molecule is Cc1ccc(NC(=O)C(C)(N)C2CC2)c(Cl)c1. The highest BCUT2D eigenvalue weighted by atomic mass is 35.5. The van der Waals surface area contributed by atoms with Gasteiger partial charge in [-0.25, -0.2) is 0 Å². The van der Waals surface area contributed by atoms with Crippen LogP contribution in [0, 0.1) is 12.8 Å². The van der Waals surface area contributed by atoms with Crippen LogP contribution >= 0.6 is 11.6 Å².